The van der Waals surface area contributed by atoms with Crippen molar-refractivity contribution < 1.29 is 19.2 Å². The predicted octanol–water partition coefficient (Wildman–Crippen LogP) is 2.04. The van der Waals surface area contributed by atoms with E-state index >= 15 is 0 Å². The van der Waals surface area contributed by atoms with Crippen LogP contribution in [-0.4, -0.2) is 29.9 Å². The van der Waals surface area contributed by atoms with Gasteiger partial charge < -0.3 is 15.4 Å². The first-order valence-electron chi connectivity index (χ1n) is 7.46. The predicted molar refractivity (Wildman–Crippen MR) is 91.4 cm³/mol. The summed E-state index contributed by atoms with van der Waals surface area (Å²) in [5.74, 6) is -0.388. The fourth-order valence-electron chi connectivity index (χ4n) is 2.05. The molecule has 0 radical (unpaired) electrons. The number of nitrogens with one attached hydrogen (secondary N) is 2. The molecule has 0 atom stereocenters. The van der Waals surface area contributed by atoms with Crippen LogP contribution in [-0.2, 0) is 9.59 Å². The van der Waals surface area contributed by atoms with E-state index in [1.165, 1.54) is 12.1 Å². The molecule has 8 heteroatoms. The maximum atomic E-state index is 11.9. The first-order chi connectivity index (χ1) is 12.0. The lowest BCUT2D eigenvalue weighted by molar-refractivity contribution is -0.385. The third-order valence-corrected chi connectivity index (χ3v) is 3.34. The molecule has 0 unspecified atom stereocenters. The van der Waals surface area contributed by atoms with Crippen molar-refractivity contribution in [3.63, 3.8) is 0 Å². The summed E-state index contributed by atoms with van der Waals surface area (Å²) in [5.41, 5.74) is 0.590. The molecule has 0 saturated carbocycles. The van der Waals surface area contributed by atoms with Gasteiger partial charge in [0.05, 0.1) is 22.7 Å². The van der Waals surface area contributed by atoms with E-state index in [0.29, 0.717) is 17.0 Å². The molecule has 2 N–H and O–H groups in total. The largest absolute Gasteiger partial charge is 0.484 e. The molecule has 8 nitrogen and oxygen atoms in total. The van der Waals surface area contributed by atoms with Gasteiger partial charge in [0.1, 0.15) is 5.75 Å². The van der Waals surface area contributed by atoms with E-state index in [1.807, 2.05) is 6.07 Å². The molecule has 0 heterocycles. The van der Waals surface area contributed by atoms with Crippen molar-refractivity contribution in [2.75, 3.05) is 18.5 Å². The number of amides is 2. The summed E-state index contributed by atoms with van der Waals surface area (Å²) in [6, 6.07) is 13.2. The number of carbonyl (C=O) groups is 2. The Morgan fingerprint density at radius 1 is 1.08 bits per heavy atom. The summed E-state index contributed by atoms with van der Waals surface area (Å²) in [7, 11) is 0. The summed E-state index contributed by atoms with van der Waals surface area (Å²) in [6.45, 7) is 1.06. The minimum atomic E-state index is -0.520. The summed E-state index contributed by atoms with van der Waals surface area (Å²) < 4.78 is 5.26. The quantitative estimate of drug-likeness (QED) is 0.590. The standard InChI is InChI=1S/C17H17N3O5/c1-12-14(8-5-9-15(12)20(23)24)19-16(21)10-18-17(22)11-25-13-6-3-2-4-7-13/h2-9H,10-11H2,1H3,(H,18,22)(H,19,21). The van der Waals surface area contributed by atoms with Gasteiger partial charge in [-0.3, -0.25) is 19.7 Å². The third-order valence-electron chi connectivity index (χ3n) is 3.34. The van der Waals surface area contributed by atoms with Gasteiger partial charge in [-0.05, 0) is 25.1 Å². The number of ether oxygens (including phenoxy) is 1. The summed E-state index contributed by atoms with van der Waals surface area (Å²) in [4.78, 5) is 33.9. The minimum Gasteiger partial charge on any atom is -0.484 e. The summed E-state index contributed by atoms with van der Waals surface area (Å²) in [5, 5.41) is 15.8. The van der Waals surface area contributed by atoms with Crippen LogP contribution >= 0.6 is 0 Å². The maximum absolute atomic E-state index is 11.9. The fourth-order valence-corrected chi connectivity index (χ4v) is 2.05. The molecule has 2 amide bonds. The Morgan fingerprint density at radius 3 is 2.48 bits per heavy atom. The number of benzene rings is 2. The highest BCUT2D eigenvalue weighted by molar-refractivity contribution is 5.95. The van der Waals surface area contributed by atoms with E-state index in [9.17, 15) is 19.7 Å². The van der Waals surface area contributed by atoms with E-state index in [-0.39, 0.29) is 18.8 Å². The molecule has 0 saturated heterocycles. The van der Waals surface area contributed by atoms with Crippen molar-refractivity contribution in [3.05, 3.63) is 64.2 Å². The number of nitrogens with zero attached hydrogens (tertiary/aromatic N) is 1. The Labute approximate surface area is 144 Å². The number of para-hydroxylation sites is 1. The van der Waals surface area contributed by atoms with Gasteiger partial charge in [-0.1, -0.05) is 24.3 Å². The summed E-state index contributed by atoms with van der Waals surface area (Å²) >= 11 is 0. The Balaban J connectivity index is 1.82. The Morgan fingerprint density at radius 2 is 1.80 bits per heavy atom. The highest BCUT2D eigenvalue weighted by Gasteiger charge is 2.15. The van der Waals surface area contributed by atoms with Crippen molar-refractivity contribution in [2.24, 2.45) is 0 Å². The second kappa shape index (κ2) is 8.44. The number of rotatable bonds is 7. The van der Waals surface area contributed by atoms with Crippen LogP contribution in [0.3, 0.4) is 0 Å². The Kier molecular flexibility index (Phi) is 6.05. The van der Waals surface area contributed by atoms with Gasteiger partial charge >= 0.3 is 0 Å². The number of anilines is 1. The minimum absolute atomic E-state index is 0.0851. The molecule has 2 aromatic carbocycles. The number of carbonyl (C=O) groups excluding carboxylic acids is 2. The van der Waals surface area contributed by atoms with Crippen molar-refractivity contribution >= 4 is 23.2 Å². The topological polar surface area (TPSA) is 111 Å². The molecular weight excluding hydrogens is 326 g/mol. The second-order valence-corrected chi connectivity index (χ2v) is 5.13. The van der Waals surface area contributed by atoms with Crippen LogP contribution in [0, 0.1) is 17.0 Å². The highest BCUT2D eigenvalue weighted by Crippen LogP contribution is 2.24. The smallest absolute Gasteiger partial charge is 0.274 e. The molecule has 0 bridgehead atoms. The SMILES string of the molecule is Cc1c(NC(=O)CNC(=O)COc2ccccc2)cccc1[N+](=O)[O-]. The van der Waals surface area contributed by atoms with Gasteiger partial charge in [-0.15, -0.1) is 0 Å². The third kappa shape index (κ3) is 5.31. The van der Waals surface area contributed by atoms with Crippen LogP contribution in [0.15, 0.2) is 48.5 Å². The van der Waals surface area contributed by atoms with Gasteiger partial charge in [0.25, 0.3) is 11.6 Å². The van der Waals surface area contributed by atoms with Crippen molar-refractivity contribution in [2.45, 2.75) is 6.92 Å². The number of nitro groups is 1. The number of hydrogen-bond acceptors (Lipinski definition) is 5. The molecule has 2 aromatic rings. The molecule has 130 valence electrons. The highest BCUT2D eigenvalue weighted by atomic mass is 16.6. The van der Waals surface area contributed by atoms with Crippen LogP contribution in [0.5, 0.6) is 5.75 Å². The van der Waals surface area contributed by atoms with E-state index in [4.69, 9.17) is 4.74 Å². The lowest BCUT2D eigenvalue weighted by Gasteiger charge is -2.10. The Hall–Kier alpha value is -3.42. The van der Waals surface area contributed by atoms with Crippen LogP contribution in [0.1, 0.15) is 5.56 Å². The lowest BCUT2D eigenvalue weighted by Crippen LogP contribution is -2.35. The maximum Gasteiger partial charge on any atom is 0.274 e. The number of hydrogen-bond donors (Lipinski definition) is 2. The average Bonchev–Trinajstić information content (AvgIpc) is 2.60. The van der Waals surface area contributed by atoms with E-state index < -0.39 is 16.7 Å². The molecule has 0 aliphatic heterocycles. The van der Waals surface area contributed by atoms with E-state index in [0.717, 1.165) is 0 Å². The van der Waals surface area contributed by atoms with Gasteiger partial charge in [0.2, 0.25) is 5.91 Å². The van der Waals surface area contributed by atoms with Crippen molar-refractivity contribution in [1.82, 2.24) is 5.32 Å². The molecular formula is C17H17N3O5. The first kappa shape index (κ1) is 17.9. The van der Waals surface area contributed by atoms with Crippen LogP contribution < -0.4 is 15.4 Å². The molecule has 0 aliphatic rings. The van der Waals surface area contributed by atoms with Crippen molar-refractivity contribution in [3.8, 4) is 5.75 Å². The number of nitro benzene ring substituents is 1. The van der Waals surface area contributed by atoms with Gasteiger partial charge in [0, 0.05) is 6.07 Å². The van der Waals surface area contributed by atoms with E-state index in [2.05, 4.69) is 10.6 Å². The first-order valence-corrected chi connectivity index (χ1v) is 7.46. The van der Waals surface area contributed by atoms with E-state index in [1.54, 1.807) is 37.3 Å². The Bertz CT molecular complexity index is 777. The zero-order chi connectivity index (χ0) is 18.2. The molecule has 0 aromatic heterocycles. The molecule has 0 aliphatic carbocycles. The van der Waals surface area contributed by atoms with Crippen LogP contribution in [0.4, 0.5) is 11.4 Å². The molecule has 2 rings (SSSR count). The molecule has 0 fully saturated rings. The zero-order valence-corrected chi connectivity index (χ0v) is 13.5. The average molecular weight is 343 g/mol. The van der Waals surface area contributed by atoms with Crippen LogP contribution in [0.25, 0.3) is 0 Å². The summed E-state index contributed by atoms with van der Waals surface area (Å²) in [6.07, 6.45) is 0. The monoisotopic (exact) mass is 343 g/mol. The van der Waals surface area contributed by atoms with Crippen LogP contribution in [0.2, 0.25) is 0 Å². The molecule has 0 spiro atoms. The zero-order valence-electron chi connectivity index (χ0n) is 13.5. The van der Waals surface area contributed by atoms with Gasteiger partial charge in [-0.2, -0.15) is 0 Å². The van der Waals surface area contributed by atoms with Gasteiger partial charge in [0.15, 0.2) is 6.61 Å². The fraction of sp³-hybridized carbons (Fsp3) is 0.176. The van der Waals surface area contributed by atoms with Gasteiger partial charge in [-0.25, -0.2) is 0 Å². The normalized spacial score (nSPS) is 9.96. The molecule has 25 heavy (non-hydrogen) atoms. The van der Waals surface area contributed by atoms with Crippen molar-refractivity contribution in [1.29, 1.82) is 0 Å². The lowest BCUT2D eigenvalue weighted by atomic mass is 10.1. The second-order valence-electron chi connectivity index (χ2n) is 5.13.